The van der Waals surface area contributed by atoms with E-state index in [9.17, 15) is 8.42 Å². The predicted molar refractivity (Wildman–Crippen MR) is 96.9 cm³/mol. The molecule has 0 aromatic carbocycles. The number of hydrogen-bond acceptors (Lipinski definition) is 6. The minimum atomic E-state index is -2.80. The first kappa shape index (κ1) is 16.2. The Bertz CT molecular complexity index is 870. The maximum absolute atomic E-state index is 11.7. The number of thiophene rings is 1. The summed E-state index contributed by atoms with van der Waals surface area (Å²) in [5, 5.41) is 1.19. The van der Waals surface area contributed by atoms with Crippen LogP contribution in [0.25, 0.3) is 10.2 Å². The Morgan fingerprint density at radius 2 is 2.00 bits per heavy atom. The summed E-state index contributed by atoms with van der Waals surface area (Å²) in [5.74, 6) is 1.77. The van der Waals surface area contributed by atoms with Gasteiger partial charge in [0.2, 0.25) is 0 Å². The first-order valence-electron chi connectivity index (χ1n) is 8.45. The van der Waals surface area contributed by atoms with E-state index in [-0.39, 0.29) is 6.04 Å². The molecule has 0 saturated carbocycles. The normalized spacial score (nSPS) is 24.8. The summed E-state index contributed by atoms with van der Waals surface area (Å²) in [4.78, 5) is 15.1. The van der Waals surface area contributed by atoms with E-state index in [0.29, 0.717) is 11.5 Å². The Morgan fingerprint density at radius 3 is 2.67 bits per heavy atom. The zero-order valence-corrected chi connectivity index (χ0v) is 15.7. The average Bonchev–Trinajstić information content (AvgIpc) is 3.07. The van der Waals surface area contributed by atoms with Gasteiger partial charge in [-0.15, -0.1) is 11.3 Å². The number of aryl methyl sites for hydroxylation is 2. The van der Waals surface area contributed by atoms with Crippen LogP contribution in [0.15, 0.2) is 6.33 Å². The van der Waals surface area contributed by atoms with Crippen LogP contribution in [0.3, 0.4) is 0 Å². The van der Waals surface area contributed by atoms with Gasteiger partial charge in [-0.1, -0.05) is 0 Å². The Hall–Kier alpha value is -1.25. The topological polar surface area (TPSA) is 67.6 Å². The fourth-order valence-corrected chi connectivity index (χ4v) is 6.75. The van der Waals surface area contributed by atoms with Gasteiger partial charge in [-0.25, -0.2) is 18.4 Å². The summed E-state index contributed by atoms with van der Waals surface area (Å²) in [6.07, 6.45) is 2.48. The van der Waals surface area contributed by atoms with E-state index in [1.807, 2.05) is 0 Å². The second kappa shape index (κ2) is 5.93. The highest BCUT2D eigenvalue weighted by Gasteiger charge is 2.37. The lowest BCUT2D eigenvalue weighted by atomic mass is 10.1. The lowest BCUT2D eigenvalue weighted by molar-refractivity contribution is -0.922. The van der Waals surface area contributed by atoms with Gasteiger partial charge in [0, 0.05) is 11.3 Å². The minimum Gasteiger partial charge on any atom is -0.345 e. The second-order valence-electron chi connectivity index (χ2n) is 6.91. The number of quaternary nitrogens is 1. The van der Waals surface area contributed by atoms with Crippen molar-refractivity contribution in [1.29, 1.82) is 0 Å². The van der Waals surface area contributed by atoms with Gasteiger partial charge in [0.05, 0.1) is 37.3 Å². The molecule has 0 amide bonds. The summed E-state index contributed by atoms with van der Waals surface area (Å²) < 4.78 is 23.4. The fraction of sp³-hybridized carbons (Fsp3) is 0.625. The van der Waals surface area contributed by atoms with Crippen LogP contribution in [0.2, 0.25) is 0 Å². The molecule has 6 nitrogen and oxygen atoms in total. The number of piperazine rings is 1. The standard InChI is InChI=1S/C16H22N4O2S2/c1-11-12(2)23-16-14(11)15(17-10-18-16)20-6-4-19(5-7-20)13-3-8-24(21,22)9-13/h10,13H,3-9H2,1-2H3/p+1/t13-/m0/s1. The third kappa shape index (κ3) is 2.80. The molecule has 8 heteroatoms. The summed E-state index contributed by atoms with van der Waals surface area (Å²) in [6.45, 7) is 8.08. The van der Waals surface area contributed by atoms with Crippen molar-refractivity contribution in [3.05, 3.63) is 16.8 Å². The molecule has 24 heavy (non-hydrogen) atoms. The highest BCUT2D eigenvalue weighted by molar-refractivity contribution is 7.91. The van der Waals surface area contributed by atoms with Crippen molar-refractivity contribution >= 4 is 37.2 Å². The van der Waals surface area contributed by atoms with Crippen LogP contribution in [-0.4, -0.2) is 62.1 Å². The van der Waals surface area contributed by atoms with Crippen molar-refractivity contribution in [3.8, 4) is 0 Å². The third-order valence-electron chi connectivity index (χ3n) is 5.46. The number of anilines is 1. The van der Waals surface area contributed by atoms with E-state index in [2.05, 4.69) is 28.7 Å². The van der Waals surface area contributed by atoms with Crippen molar-refractivity contribution in [1.82, 2.24) is 9.97 Å². The maximum atomic E-state index is 11.7. The van der Waals surface area contributed by atoms with Crippen molar-refractivity contribution in [2.75, 3.05) is 42.6 Å². The average molecular weight is 368 g/mol. The van der Waals surface area contributed by atoms with E-state index in [1.54, 1.807) is 17.7 Å². The van der Waals surface area contributed by atoms with E-state index in [4.69, 9.17) is 0 Å². The van der Waals surface area contributed by atoms with E-state index in [0.717, 1.165) is 43.2 Å². The molecule has 0 aliphatic carbocycles. The summed E-state index contributed by atoms with van der Waals surface area (Å²) >= 11 is 1.73. The number of rotatable bonds is 2. The summed E-state index contributed by atoms with van der Waals surface area (Å²) in [7, 11) is -2.80. The Labute approximate surface area is 146 Å². The maximum Gasteiger partial charge on any atom is 0.156 e. The molecular formula is C16H23N4O2S2+. The zero-order valence-electron chi connectivity index (χ0n) is 14.1. The molecule has 4 rings (SSSR count). The van der Waals surface area contributed by atoms with Crippen LogP contribution in [0, 0.1) is 13.8 Å². The third-order valence-corrected chi connectivity index (χ3v) is 8.34. The van der Waals surface area contributed by atoms with Gasteiger partial charge >= 0.3 is 0 Å². The van der Waals surface area contributed by atoms with E-state index in [1.165, 1.54) is 20.7 Å². The molecule has 0 spiro atoms. The monoisotopic (exact) mass is 367 g/mol. The Morgan fingerprint density at radius 1 is 1.25 bits per heavy atom. The molecule has 4 heterocycles. The largest absolute Gasteiger partial charge is 0.345 e. The highest BCUT2D eigenvalue weighted by Crippen LogP contribution is 2.34. The lowest BCUT2D eigenvalue weighted by Gasteiger charge is -2.35. The Kier molecular flexibility index (Phi) is 4.01. The highest BCUT2D eigenvalue weighted by atomic mass is 32.2. The molecule has 0 unspecified atom stereocenters. The van der Waals surface area contributed by atoms with Crippen LogP contribution < -0.4 is 9.80 Å². The second-order valence-corrected chi connectivity index (χ2v) is 10.3. The van der Waals surface area contributed by atoms with E-state index >= 15 is 0 Å². The van der Waals surface area contributed by atoms with Gasteiger partial charge < -0.3 is 9.80 Å². The molecule has 130 valence electrons. The van der Waals surface area contributed by atoms with Gasteiger partial charge in [-0.3, -0.25) is 0 Å². The molecule has 0 bridgehead atoms. The first-order valence-corrected chi connectivity index (χ1v) is 11.1. The molecule has 2 aliphatic rings. The number of hydrogen-bond donors (Lipinski definition) is 1. The molecule has 0 radical (unpaired) electrons. The SMILES string of the molecule is Cc1sc2ncnc(N3CC[NH+]([C@H]4CCS(=O)(=O)C4)CC3)c2c1C. The van der Waals surface area contributed by atoms with Crippen molar-refractivity contribution in [3.63, 3.8) is 0 Å². The van der Waals surface area contributed by atoms with Gasteiger partial charge in [0.15, 0.2) is 9.84 Å². The molecular weight excluding hydrogens is 344 g/mol. The molecule has 2 aromatic heterocycles. The van der Waals surface area contributed by atoms with Crippen LogP contribution in [0.4, 0.5) is 5.82 Å². The van der Waals surface area contributed by atoms with Crippen LogP contribution >= 0.6 is 11.3 Å². The van der Waals surface area contributed by atoms with Gasteiger partial charge in [-0.2, -0.15) is 0 Å². The lowest BCUT2D eigenvalue weighted by Crippen LogP contribution is -3.18. The number of nitrogens with one attached hydrogen (secondary N) is 1. The van der Waals surface area contributed by atoms with Gasteiger partial charge in [0.1, 0.15) is 28.8 Å². The predicted octanol–water partition coefficient (Wildman–Crippen LogP) is 0.200. The number of fused-ring (bicyclic) bond motifs is 1. The summed E-state index contributed by atoms with van der Waals surface area (Å²) in [5.41, 5.74) is 1.28. The quantitative estimate of drug-likeness (QED) is 0.821. The number of sulfone groups is 1. The van der Waals surface area contributed by atoms with Gasteiger partial charge in [0.25, 0.3) is 0 Å². The molecule has 2 aliphatic heterocycles. The molecule has 1 N–H and O–H groups in total. The first-order chi connectivity index (χ1) is 11.4. The van der Waals surface area contributed by atoms with E-state index < -0.39 is 9.84 Å². The summed E-state index contributed by atoms with van der Waals surface area (Å²) in [6, 6.07) is 0.285. The van der Waals surface area contributed by atoms with Gasteiger partial charge in [-0.05, 0) is 19.4 Å². The van der Waals surface area contributed by atoms with Crippen molar-refractivity contribution < 1.29 is 13.3 Å². The number of aromatic nitrogens is 2. The van der Waals surface area contributed by atoms with Crippen LogP contribution in [-0.2, 0) is 9.84 Å². The molecule has 1 atom stereocenters. The van der Waals surface area contributed by atoms with Crippen molar-refractivity contribution in [2.24, 2.45) is 0 Å². The van der Waals surface area contributed by atoms with Crippen LogP contribution in [0.1, 0.15) is 16.9 Å². The Balaban J connectivity index is 1.52. The van der Waals surface area contributed by atoms with Crippen LogP contribution in [0.5, 0.6) is 0 Å². The minimum absolute atomic E-state index is 0.285. The molecule has 2 saturated heterocycles. The molecule has 2 fully saturated rings. The molecule has 2 aromatic rings. The zero-order chi connectivity index (χ0) is 16.9. The fourth-order valence-electron chi connectivity index (χ4n) is 3.93. The number of nitrogens with zero attached hydrogens (tertiary/aromatic N) is 3. The van der Waals surface area contributed by atoms with Crippen molar-refractivity contribution in [2.45, 2.75) is 26.3 Å². The smallest absolute Gasteiger partial charge is 0.156 e.